The van der Waals surface area contributed by atoms with Crippen molar-refractivity contribution in [3.63, 3.8) is 0 Å². The summed E-state index contributed by atoms with van der Waals surface area (Å²) < 4.78 is 5.53. The topological polar surface area (TPSA) is 38.3 Å². The van der Waals surface area contributed by atoms with Crippen molar-refractivity contribution in [2.45, 2.75) is 32.7 Å². The predicted molar refractivity (Wildman–Crippen MR) is 67.7 cm³/mol. The molecular weight excluding hydrogens is 214 g/mol. The normalized spacial score (nSPS) is 14.3. The number of fused-ring (bicyclic) bond motifs is 1. The Kier molecular flexibility index (Phi) is 3.20. The monoisotopic (exact) mass is 233 g/mol. The fourth-order valence-electron chi connectivity index (χ4n) is 1.88. The van der Waals surface area contributed by atoms with E-state index < -0.39 is 0 Å². The molecule has 0 saturated heterocycles. The van der Waals surface area contributed by atoms with E-state index in [4.69, 9.17) is 4.74 Å². The Bertz CT molecular complexity index is 432. The van der Waals surface area contributed by atoms with E-state index >= 15 is 0 Å². The largest absolute Gasteiger partial charge is 0.492 e. The van der Waals surface area contributed by atoms with E-state index in [0.717, 1.165) is 17.7 Å². The van der Waals surface area contributed by atoms with Crippen LogP contribution in [0.5, 0.6) is 5.75 Å². The molecule has 3 nitrogen and oxygen atoms in total. The summed E-state index contributed by atoms with van der Waals surface area (Å²) in [6.45, 7) is 7.18. The van der Waals surface area contributed by atoms with Crippen LogP contribution in [0.25, 0.3) is 0 Å². The van der Waals surface area contributed by atoms with Gasteiger partial charge in [0, 0.05) is 12.0 Å². The standard InChI is InChI=1S/C14H19NO2/c1-14(2,3)15-9-12(16)11-6-4-5-10-7-8-17-13(10)11/h4-6,15H,7-9H2,1-3H3. The Balaban J connectivity index is 2.13. The van der Waals surface area contributed by atoms with Gasteiger partial charge in [0.15, 0.2) is 5.78 Å². The summed E-state index contributed by atoms with van der Waals surface area (Å²) in [5.41, 5.74) is 1.80. The second-order valence-electron chi connectivity index (χ2n) is 5.42. The molecule has 1 aliphatic heterocycles. The van der Waals surface area contributed by atoms with Crippen molar-refractivity contribution in [3.05, 3.63) is 29.3 Å². The van der Waals surface area contributed by atoms with Crippen LogP contribution in [0.3, 0.4) is 0 Å². The average molecular weight is 233 g/mol. The molecule has 1 aliphatic rings. The third kappa shape index (κ3) is 2.86. The lowest BCUT2D eigenvalue weighted by Crippen LogP contribution is -2.39. The highest BCUT2D eigenvalue weighted by atomic mass is 16.5. The van der Waals surface area contributed by atoms with Gasteiger partial charge >= 0.3 is 0 Å². The number of nitrogens with one attached hydrogen (secondary N) is 1. The number of hydrogen-bond donors (Lipinski definition) is 1. The van der Waals surface area contributed by atoms with Gasteiger partial charge in [-0.05, 0) is 32.4 Å². The molecule has 0 atom stereocenters. The molecule has 0 spiro atoms. The number of carbonyl (C=O) groups is 1. The molecule has 0 fully saturated rings. The number of ether oxygens (including phenoxy) is 1. The van der Waals surface area contributed by atoms with Crippen LogP contribution in [0.4, 0.5) is 0 Å². The van der Waals surface area contributed by atoms with E-state index in [2.05, 4.69) is 5.32 Å². The highest BCUT2D eigenvalue weighted by Gasteiger charge is 2.21. The maximum Gasteiger partial charge on any atom is 0.180 e. The van der Waals surface area contributed by atoms with Gasteiger partial charge in [0.1, 0.15) is 5.75 Å². The van der Waals surface area contributed by atoms with Gasteiger partial charge in [-0.3, -0.25) is 4.79 Å². The average Bonchev–Trinajstić information content (AvgIpc) is 2.72. The molecule has 92 valence electrons. The molecule has 1 aromatic rings. The van der Waals surface area contributed by atoms with E-state index in [1.807, 2.05) is 39.0 Å². The molecule has 0 radical (unpaired) electrons. The third-order valence-corrected chi connectivity index (χ3v) is 2.79. The van der Waals surface area contributed by atoms with Crippen LogP contribution in [0.15, 0.2) is 18.2 Å². The minimum Gasteiger partial charge on any atom is -0.492 e. The number of Topliss-reactive ketones (excluding diaryl/α,β-unsaturated/α-hetero) is 1. The van der Waals surface area contributed by atoms with Gasteiger partial charge in [-0.15, -0.1) is 0 Å². The summed E-state index contributed by atoms with van der Waals surface area (Å²) in [6.07, 6.45) is 0.906. The van der Waals surface area contributed by atoms with Crippen molar-refractivity contribution >= 4 is 5.78 Å². The first-order valence-electron chi connectivity index (χ1n) is 6.00. The first-order chi connectivity index (χ1) is 7.97. The number of carbonyl (C=O) groups excluding carboxylic acids is 1. The number of para-hydroxylation sites is 1. The second kappa shape index (κ2) is 4.49. The summed E-state index contributed by atoms with van der Waals surface area (Å²) in [7, 11) is 0. The molecule has 3 heteroatoms. The van der Waals surface area contributed by atoms with Gasteiger partial charge in [-0.25, -0.2) is 0 Å². The number of rotatable bonds is 3. The zero-order valence-corrected chi connectivity index (χ0v) is 10.7. The summed E-state index contributed by atoms with van der Waals surface area (Å²) in [4.78, 5) is 12.1. The third-order valence-electron chi connectivity index (χ3n) is 2.79. The van der Waals surface area contributed by atoms with Crippen LogP contribution < -0.4 is 10.1 Å². The van der Waals surface area contributed by atoms with E-state index in [1.165, 1.54) is 0 Å². The van der Waals surface area contributed by atoms with Gasteiger partial charge < -0.3 is 10.1 Å². The zero-order chi connectivity index (χ0) is 12.5. The lowest BCUT2D eigenvalue weighted by Gasteiger charge is -2.20. The Hall–Kier alpha value is -1.35. The number of benzene rings is 1. The Labute approximate surface area is 102 Å². The minimum atomic E-state index is -0.0472. The molecular formula is C14H19NO2. The summed E-state index contributed by atoms with van der Waals surface area (Å²) in [5.74, 6) is 0.881. The molecule has 0 bridgehead atoms. The number of hydrogen-bond acceptors (Lipinski definition) is 3. The molecule has 0 aromatic heterocycles. The maximum absolute atomic E-state index is 12.1. The molecule has 0 aliphatic carbocycles. The summed E-state index contributed by atoms with van der Waals surface area (Å²) in [6, 6.07) is 5.80. The SMILES string of the molecule is CC(C)(C)NCC(=O)c1cccc2c1OCC2. The van der Waals surface area contributed by atoms with E-state index in [9.17, 15) is 4.79 Å². The van der Waals surface area contributed by atoms with Crippen molar-refractivity contribution in [3.8, 4) is 5.75 Å². The van der Waals surface area contributed by atoms with Crippen LogP contribution in [-0.4, -0.2) is 24.5 Å². The van der Waals surface area contributed by atoms with Gasteiger partial charge in [-0.1, -0.05) is 12.1 Å². The molecule has 1 aromatic carbocycles. The Morgan fingerprint density at radius 3 is 2.88 bits per heavy atom. The van der Waals surface area contributed by atoms with E-state index in [0.29, 0.717) is 18.7 Å². The maximum atomic E-state index is 12.1. The highest BCUT2D eigenvalue weighted by Crippen LogP contribution is 2.29. The van der Waals surface area contributed by atoms with Gasteiger partial charge in [0.25, 0.3) is 0 Å². The summed E-state index contributed by atoms with van der Waals surface area (Å²) in [5, 5.41) is 3.21. The van der Waals surface area contributed by atoms with Crippen LogP contribution in [-0.2, 0) is 6.42 Å². The van der Waals surface area contributed by atoms with Crippen molar-refractivity contribution in [1.29, 1.82) is 0 Å². The lowest BCUT2D eigenvalue weighted by atomic mass is 10.0. The molecule has 1 N–H and O–H groups in total. The number of ketones is 1. The van der Waals surface area contributed by atoms with Crippen molar-refractivity contribution < 1.29 is 9.53 Å². The molecule has 0 saturated carbocycles. The van der Waals surface area contributed by atoms with Crippen LogP contribution in [0.2, 0.25) is 0 Å². The quantitative estimate of drug-likeness (QED) is 0.813. The van der Waals surface area contributed by atoms with Crippen molar-refractivity contribution in [2.75, 3.05) is 13.2 Å². The molecule has 0 amide bonds. The Morgan fingerprint density at radius 2 is 2.18 bits per heavy atom. The van der Waals surface area contributed by atoms with Crippen molar-refractivity contribution in [1.82, 2.24) is 5.32 Å². The van der Waals surface area contributed by atoms with Crippen LogP contribution >= 0.6 is 0 Å². The first-order valence-corrected chi connectivity index (χ1v) is 6.00. The lowest BCUT2D eigenvalue weighted by molar-refractivity contribution is 0.0979. The van der Waals surface area contributed by atoms with Crippen LogP contribution in [0.1, 0.15) is 36.7 Å². The minimum absolute atomic E-state index is 0.0472. The second-order valence-corrected chi connectivity index (χ2v) is 5.42. The summed E-state index contributed by atoms with van der Waals surface area (Å²) >= 11 is 0. The highest BCUT2D eigenvalue weighted by molar-refractivity contribution is 6.00. The van der Waals surface area contributed by atoms with Gasteiger partial charge in [0.05, 0.1) is 18.7 Å². The first kappa shape index (κ1) is 12.1. The smallest absolute Gasteiger partial charge is 0.180 e. The Morgan fingerprint density at radius 1 is 1.41 bits per heavy atom. The van der Waals surface area contributed by atoms with E-state index in [-0.39, 0.29) is 11.3 Å². The molecule has 2 rings (SSSR count). The fraction of sp³-hybridized carbons (Fsp3) is 0.500. The van der Waals surface area contributed by atoms with Gasteiger partial charge in [0.2, 0.25) is 0 Å². The molecule has 17 heavy (non-hydrogen) atoms. The predicted octanol–water partition coefficient (Wildman–Crippen LogP) is 2.19. The van der Waals surface area contributed by atoms with Gasteiger partial charge in [-0.2, -0.15) is 0 Å². The fourth-order valence-corrected chi connectivity index (χ4v) is 1.88. The molecule has 1 heterocycles. The van der Waals surface area contributed by atoms with E-state index in [1.54, 1.807) is 0 Å². The van der Waals surface area contributed by atoms with Crippen LogP contribution in [0, 0.1) is 0 Å². The zero-order valence-electron chi connectivity index (χ0n) is 10.7. The molecule has 0 unspecified atom stereocenters. The van der Waals surface area contributed by atoms with Crippen molar-refractivity contribution in [2.24, 2.45) is 0 Å².